The van der Waals surface area contributed by atoms with Crippen molar-refractivity contribution >= 4 is 45.4 Å². The Kier molecular flexibility index (Phi) is 12.3. The molecule has 0 bridgehead atoms. The normalized spacial score (nSPS) is 37.4. The fourth-order valence-electron chi connectivity index (χ4n) is 4.11. The number of carbonyl (C=O) groups excluding carboxylic acids is 1. The number of amides is 1. The van der Waals surface area contributed by atoms with Crippen molar-refractivity contribution in [1.82, 2.24) is 10.2 Å². The summed E-state index contributed by atoms with van der Waals surface area (Å²) in [5.41, 5.74) is -0.702. The highest BCUT2D eigenvalue weighted by Gasteiger charge is 2.48. The number of hydrogen-bond acceptors (Lipinski definition) is 8. The summed E-state index contributed by atoms with van der Waals surface area (Å²) in [7, 11) is 1.94. The van der Waals surface area contributed by atoms with Crippen LogP contribution < -0.4 is 10.1 Å². The van der Waals surface area contributed by atoms with Crippen molar-refractivity contribution < 1.29 is 24.9 Å². The molecule has 0 spiro atoms. The van der Waals surface area contributed by atoms with Gasteiger partial charge in [-0.3, -0.25) is 14.5 Å². The van der Waals surface area contributed by atoms with E-state index in [4.69, 9.17) is 16.3 Å². The molecule has 29 heavy (non-hydrogen) atoms. The maximum atomic E-state index is 12.9. The first-order valence-corrected chi connectivity index (χ1v) is 12.4. The molecule has 2 unspecified atom stereocenters. The number of nitrogens with zero attached hydrogens (tertiary/aromatic N) is 1. The number of thioether (sulfide) groups is 1. The van der Waals surface area contributed by atoms with Crippen LogP contribution in [0.25, 0.3) is 0 Å². The second-order valence-electron chi connectivity index (χ2n) is 7.73. The Bertz CT molecular complexity index is 508. The van der Waals surface area contributed by atoms with Gasteiger partial charge in [0.05, 0.1) is 17.5 Å². The molecule has 0 aromatic heterocycles. The van der Waals surface area contributed by atoms with Gasteiger partial charge in [-0.1, -0.05) is 13.3 Å². The molecule has 2 saturated heterocycles. The number of carbonyl (C=O) groups is 1. The molecule has 0 aliphatic carbocycles. The third-order valence-corrected chi connectivity index (χ3v) is 6.76. The minimum Gasteiger partial charge on any atom is -0.388 e. The summed E-state index contributed by atoms with van der Waals surface area (Å²) in [5, 5.41) is 33.0. The predicted molar refractivity (Wildman–Crippen MR) is 120 cm³/mol. The molecule has 172 valence electrons. The SMILES string of the molecule is CCC[C@@H]1C[C@@H](C(=O)NC(C(C)Cl)[C@H]2O[C@H](SC)[C@H](O)[C@@H](O)[C@H]2O)N(C)C1.NBr. The minimum absolute atomic E-state index is 0.147. The van der Waals surface area contributed by atoms with Gasteiger partial charge in [-0.25, -0.2) is 0 Å². The average Bonchev–Trinajstić information content (AvgIpc) is 3.07. The Morgan fingerprint density at radius 1 is 1.34 bits per heavy atom. The van der Waals surface area contributed by atoms with Crippen LogP contribution in [0.5, 0.6) is 0 Å². The Balaban J connectivity index is 0.00000204. The van der Waals surface area contributed by atoms with E-state index in [0.29, 0.717) is 5.92 Å². The fourth-order valence-corrected chi connectivity index (χ4v) is 5.00. The van der Waals surface area contributed by atoms with Crippen molar-refractivity contribution in [3.8, 4) is 0 Å². The van der Waals surface area contributed by atoms with Crippen LogP contribution in [0.3, 0.4) is 0 Å². The zero-order chi connectivity index (χ0) is 22.3. The molecule has 9 atom stereocenters. The van der Waals surface area contributed by atoms with Gasteiger partial charge >= 0.3 is 0 Å². The number of likely N-dealkylation sites (tertiary alicyclic amines) is 1. The summed E-state index contributed by atoms with van der Waals surface area (Å²) < 4.78 is 10.1. The van der Waals surface area contributed by atoms with Crippen LogP contribution in [-0.2, 0) is 9.53 Å². The Morgan fingerprint density at radius 3 is 2.48 bits per heavy atom. The number of aliphatic hydroxyl groups excluding tert-OH is 3. The number of alkyl halides is 1. The summed E-state index contributed by atoms with van der Waals surface area (Å²) in [6, 6.07) is -0.934. The molecule has 2 rings (SSSR count). The zero-order valence-electron chi connectivity index (χ0n) is 17.4. The molecule has 0 saturated carbocycles. The van der Waals surface area contributed by atoms with Crippen LogP contribution in [0.1, 0.15) is 33.1 Å². The van der Waals surface area contributed by atoms with Gasteiger partial charge in [0.1, 0.15) is 29.9 Å². The summed E-state index contributed by atoms with van der Waals surface area (Å²) in [6.45, 7) is 4.74. The molecule has 2 heterocycles. The van der Waals surface area contributed by atoms with Gasteiger partial charge in [0.2, 0.25) is 5.91 Å². The van der Waals surface area contributed by atoms with Crippen molar-refractivity contribution in [2.24, 2.45) is 10.7 Å². The molecule has 8 nitrogen and oxygen atoms in total. The maximum Gasteiger partial charge on any atom is 0.237 e. The highest BCUT2D eigenvalue weighted by Crippen LogP contribution is 2.31. The highest BCUT2D eigenvalue weighted by molar-refractivity contribution is 9.07. The smallest absolute Gasteiger partial charge is 0.237 e. The molecule has 2 aliphatic heterocycles. The second kappa shape index (κ2) is 13.0. The monoisotopic (exact) mass is 519 g/mol. The predicted octanol–water partition coefficient (Wildman–Crippen LogP) is 0.645. The van der Waals surface area contributed by atoms with Crippen molar-refractivity contribution in [2.75, 3.05) is 19.8 Å². The van der Waals surface area contributed by atoms with Crippen molar-refractivity contribution in [3.63, 3.8) is 0 Å². The van der Waals surface area contributed by atoms with Gasteiger partial charge in [-0.2, -0.15) is 0 Å². The van der Waals surface area contributed by atoms with Crippen LogP contribution in [0.4, 0.5) is 0 Å². The standard InChI is InChI=1S/C18H33ClN2O5S.BrH2N/c1-5-6-10-7-11(21(3)8-10)17(25)20-12(9(2)19)16-14(23)13(22)15(24)18(26-16)27-4;1-2/h9-16,18,22-24H,5-8H2,1-4H3,(H,20,25);2H2/t9?,10-,11+,12?,13+,14-,15-,16-,18-;/m1./s1. The Morgan fingerprint density at radius 2 is 1.97 bits per heavy atom. The van der Waals surface area contributed by atoms with Gasteiger partial charge < -0.3 is 25.4 Å². The lowest BCUT2D eigenvalue weighted by molar-refractivity contribution is -0.205. The van der Waals surface area contributed by atoms with Crippen molar-refractivity contribution in [1.29, 1.82) is 0 Å². The van der Waals surface area contributed by atoms with Crippen LogP contribution in [0.15, 0.2) is 0 Å². The van der Waals surface area contributed by atoms with E-state index in [0.717, 1.165) is 25.8 Å². The quantitative estimate of drug-likeness (QED) is 0.244. The maximum absolute atomic E-state index is 12.9. The highest BCUT2D eigenvalue weighted by atomic mass is 79.9. The summed E-state index contributed by atoms with van der Waals surface area (Å²) >= 11 is 9.99. The van der Waals surface area contributed by atoms with E-state index in [-0.39, 0.29) is 11.9 Å². The van der Waals surface area contributed by atoms with E-state index in [1.54, 1.807) is 13.2 Å². The first-order valence-electron chi connectivity index (χ1n) is 9.80. The fraction of sp³-hybridized carbons (Fsp3) is 0.944. The van der Waals surface area contributed by atoms with E-state index >= 15 is 0 Å². The molecular weight excluding hydrogens is 486 g/mol. The summed E-state index contributed by atoms with van der Waals surface area (Å²) in [5.74, 6) is 0.350. The number of nitrogens with one attached hydrogen (secondary N) is 1. The largest absolute Gasteiger partial charge is 0.388 e. The number of halogens is 2. The third-order valence-electron chi connectivity index (χ3n) is 5.63. The zero-order valence-corrected chi connectivity index (χ0v) is 20.5. The van der Waals surface area contributed by atoms with E-state index < -0.39 is 41.3 Å². The number of hydrogen-bond donors (Lipinski definition) is 5. The molecule has 0 radical (unpaired) electrons. The molecule has 6 N–H and O–H groups in total. The van der Waals surface area contributed by atoms with Gasteiger partial charge in [0.25, 0.3) is 0 Å². The van der Waals surface area contributed by atoms with E-state index in [9.17, 15) is 20.1 Å². The minimum atomic E-state index is -1.36. The Labute approximate surface area is 191 Å². The number of likely N-dealkylation sites (N-methyl/N-ethyl adjacent to an activating group) is 1. The van der Waals surface area contributed by atoms with Crippen LogP contribution in [-0.4, -0.2) is 93.3 Å². The molecule has 0 aromatic rings. The van der Waals surface area contributed by atoms with Gasteiger partial charge in [0.15, 0.2) is 0 Å². The van der Waals surface area contributed by atoms with Crippen LogP contribution in [0.2, 0.25) is 0 Å². The topological polar surface area (TPSA) is 128 Å². The number of rotatable bonds is 7. The lowest BCUT2D eigenvalue weighted by Crippen LogP contribution is -2.65. The first-order chi connectivity index (χ1) is 13.7. The molecule has 11 heteroatoms. The lowest BCUT2D eigenvalue weighted by atomic mass is 9.92. The van der Waals surface area contributed by atoms with Gasteiger partial charge in [0, 0.05) is 22.7 Å². The van der Waals surface area contributed by atoms with E-state index in [2.05, 4.69) is 33.1 Å². The summed E-state index contributed by atoms with van der Waals surface area (Å²) in [6.07, 6.45) is -0.0980. The summed E-state index contributed by atoms with van der Waals surface area (Å²) in [4.78, 5) is 14.9. The van der Waals surface area contributed by atoms with Crippen molar-refractivity contribution in [3.05, 3.63) is 0 Å². The van der Waals surface area contributed by atoms with Gasteiger partial charge in [-0.05, 0) is 39.0 Å². The average molecular weight is 521 g/mol. The van der Waals surface area contributed by atoms with Crippen LogP contribution in [0, 0.1) is 5.92 Å². The van der Waals surface area contributed by atoms with E-state index in [1.165, 1.54) is 11.8 Å². The second-order valence-corrected chi connectivity index (χ2v) is 9.36. The van der Waals surface area contributed by atoms with Crippen molar-refractivity contribution in [2.45, 2.75) is 80.4 Å². The lowest BCUT2D eigenvalue weighted by Gasteiger charge is -2.44. The molecular formula is C18H35BrClN3O5S. The molecule has 0 aromatic carbocycles. The van der Waals surface area contributed by atoms with E-state index in [1.807, 2.05) is 11.9 Å². The molecule has 2 fully saturated rings. The number of nitrogens with two attached hydrogens (primary N) is 1. The molecule has 2 aliphatic rings. The van der Waals surface area contributed by atoms with Crippen LogP contribution >= 0.6 is 39.5 Å². The molecule has 1 amide bonds. The third kappa shape index (κ3) is 6.92. The number of aliphatic hydroxyl groups is 3. The van der Waals surface area contributed by atoms with Gasteiger partial charge in [-0.15, -0.1) is 23.4 Å². The number of ether oxygens (including phenoxy) is 1. The Hall–Kier alpha value is 0.350. The first kappa shape index (κ1) is 27.4.